The van der Waals surface area contributed by atoms with E-state index in [2.05, 4.69) is 29.4 Å². The number of aryl methyl sites for hydroxylation is 2. The predicted molar refractivity (Wildman–Crippen MR) is 93.1 cm³/mol. The normalized spacial score (nSPS) is 22.2. The van der Waals surface area contributed by atoms with Gasteiger partial charge in [-0.25, -0.2) is 8.42 Å². The molecule has 1 amide bonds. The number of H-pyrrole nitrogens is 1. The van der Waals surface area contributed by atoms with E-state index in [-0.39, 0.29) is 17.9 Å². The van der Waals surface area contributed by atoms with Crippen LogP contribution < -0.4 is 5.32 Å². The van der Waals surface area contributed by atoms with E-state index in [1.165, 1.54) is 10.6 Å². The summed E-state index contributed by atoms with van der Waals surface area (Å²) in [7, 11) is -3.23. The molecule has 1 aromatic rings. The van der Waals surface area contributed by atoms with E-state index in [0.29, 0.717) is 31.8 Å². The van der Waals surface area contributed by atoms with Crippen molar-refractivity contribution in [3.8, 4) is 0 Å². The van der Waals surface area contributed by atoms with Gasteiger partial charge in [0.25, 0.3) is 0 Å². The summed E-state index contributed by atoms with van der Waals surface area (Å²) < 4.78 is 25.0. The summed E-state index contributed by atoms with van der Waals surface area (Å²) >= 11 is 0. The number of carbonyl (C=O) groups is 1. The Labute approximate surface area is 144 Å². The standard InChI is InChI=1S/C16H28N4O3S/c1-10(2)13-8-20(24(5,22)23)9-15(13)17-16(21)7-6-14-11(3)12(4)18-19-14/h10,13,15H,6-9H2,1-5H3,(H,17,21)(H,18,19)/t13-,15+/m0/s1. The lowest BCUT2D eigenvalue weighted by molar-refractivity contribution is -0.122. The first-order valence-corrected chi connectivity index (χ1v) is 10.2. The zero-order chi connectivity index (χ0) is 18.1. The second-order valence-corrected chi connectivity index (χ2v) is 9.06. The Hall–Kier alpha value is -1.41. The Kier molecular flexibility index (Phi) is 5.70. The lowest BCUT2D eigenvalue weighted by Crippen LogP contribution is -2.42. The van der Waals surface area contributed by atoms with Gasteiger partial charge in [0.15, 0.2) is 0 Å². The maximum absolute atomic E-state index is 12.3. The number of rotatable bonds is 6. The average molecular weight is 356 g/mol. The van der Waals surface area contributed by atoms with Gasteiger partial charge in [0.05, 0.1) is 11.9 Å². The molecule has 24 heavy (non-hydrogen) atoms. The Morgan fingerprint density at radius 1 is 1.38 bits per heavy atom. The van der Waals surface area contributed by atoms with Gasteiger partial charge in [0.2, 0.25) is 15.9 Å². The first kappa shape index (κ1) is 18.9. The maximum Gasteiger partial charge on any atom is 0.220 e. The van der Waals surface area contributed by atoms with Crippen molar-refractivity contribution in [1.82, 2.24) is 19.8 Å². The fourth-order valence-electron chi connectivity index (χ4n) is 3.18. The summed E-state index contributed by atoms with van der Waals surface area (Å²) in [5.41, 5.74) is 3.02. The lowest BCUT2D eigenvalue weighted by atomic mass is 9.91. The number of amides is 1. The van der Waals surface area contributed by atoms with Gasteiger partial charge < -0.3 is 5.32 Å². The fourth-order valence-corrected chi connectivity index (χ4v) is 4.05. The summed E-state index contributed by atoms with van der Waals surface area (Å²) in [6, 6.07) is -0.130. The molecule has 0 aromatic carbocycles. The van der Waals surface area contributed by atoms with Gasteiger partial charge in [-0.05, 0) is 31.2 Å². The first-order chi connectivity index (χ1) is 11.1. The van der Waals surface area contributed by atoms with Crippen molar-refractivity contribution in [2.24, 2.45) is 11.8 Å². The molecular formula is C16H28N4O3S. The Morgan fingerprint density at radius 2 is 2.04 bits per heavy atom. The van der Waals surface area contributed by atoms with Crippen LogP contribution in [0.25, 0.3) is 0 Å². The van der Waals surface area contributed by atoms with Crippen LogP contribution in [0, 0.1) is 25.7 Å². The molecule has 2 rings (SSSR count). The van der Waals surface area contributed by atoms with E-state index in [9.17, 15) is 13.2 Å². The lowest BCUT2D eigenvalue weighted by Gasteiger charge is -2.22. The number of nitrogens with zero attached hydrogens (tertiary/aromatic N) is 2. The highest BCUT2D eigenvalue weighted by molar-refractivity contribution is 7.88. The number of carbonyl (C=O) groups excluding carboxylic acids is 1. The van der Waals surface area contributed by atoms with Crippen LogP contribution in [0.5, 0.6) is 0 Å². The van der Waals surface area contributed by atoms with Crippen LogP contribution in [-0.4, -0.2) is 54.2 Å². The molecule has 1 aliphatic rings. The van der Waals surface area contributed by atoms with E-state index in [1.807, 2.05) is 13.8 Å². The van der Waals surface area contributed by atoms with Crippen molar-refractivity contribution in [3.05, 3.63) is 17.0 Å². The molecule has 0 unspecified atom stereocenters. The van der Waals surface area contributed by atoms with Crippen molar-refractivity contribution in [2.45, 2.75) is 46.6 Å². The van der Waals surface area contributed by atoms with Crippen molar-refractivity contribution in [3.63, 3.8) is 0 Å². The average Bonchev–Trinajstić information content (AvgIpc) is 3.02. The van der Waals surface area contributed by atoms with E-state index < -0.39 is 10.0 Å². The number of nitrogens with one attached hydrogen (secondary N) is 2. The smallest absolute Gasteiger partial charge is 0.220 e. The Bertz CT molecular complexity index is 696. The van der Waals surface area contributed by atoms with E-state index >= 15 is 0 Å². The largest absolute Gasteiger partial charge is 0.352 e. The number of aromatic amines is 1. The van der Waals surface area contributed by atoms with Crippen LogP contribution in [-0.2, 0) is 21.2 Å². The molecule has 0 spiro atoms. The molecule has 2 N–H and O–H groups in total. The van der Waals surface area contributed by atoms with Gasteiger partial charge in [0, 0.05) is 37.7 Å². The number of aromatic nitrogens is 2. The minimum atomic E-state index is -3.23. The molecule has 1 fully saturated rings. The minimum Gasteiger partial charge on any atom is -0.352 e. The molecule has 1 aliphatic heterocycles. The van der Waals surface area contributed by atoms with Gasteiger partial charge in [0.1, 0.15) is 0 Å². The minimum absolute atomic E-state index is 0.0546. The molecule has 0 saturated carbocycles. The molecule has 1 aromatic heterocycles. The van der Waals surface area contributed by atoms with Crippen LogP contribution in [0.3, 0.4) is 0 Å². The van der Waals surface area contributed by atoms with Crippen LogP contribution >= 0.6 is 0 Å². The second-order valence-electron chi connectivity index (χ2n) is 7.08. The fraction of sp³-hybridized carbons (Fsp3) is 0.750. The number of sulfonamides is 1. The van der Waals surface area contributed by atoms with E-state index in [4.69, 9.17) is 0 Å². The quantitative estimate of drug-likeness (QED) is 0.795. The summed E-state index contributed by atoms with van der Waals surface area (Å²) in [5.74, 6) is 0.386. The first-order valence-electron chi connectivity index (χ1n) is 8.34. The molecule has 7 nitrogen and oxygen atoms in total. The third-order valence-electron chi connectivity index (χ3n) is 4.95. The molecule has 2 heterocycles. The summed E-state index contributed by atoms with van der Waals surface area (Å²) in [5, 5.41) is 10.2. The van der Waals surface area contributed by atoms with Crippen molar-refractivity contribution in [1.29, 1.82) is 0 Å². The van der Waals surface area contributed by atoms with Crippen molar-refractivity contribution < 1.29 is 13.2 Å². The molecule has 1 saturated heterocycles. The van der Waals surface area contributed by atoms with Gasteiger partial charge in [-0.3, -0.25) is 9.89 Å². The number of hydrogen-bond acceptors (Lipinski definition) is 4. The Morgan fingerprint density at radius 3 is 2.54 bits per heavy atom. The maximum atomic E-state index is 12.3. The van der Waals surface area contributed by atoms with Crippen LogP contribution in [0.1, 0.15) is 37.2 Å². The predicted octanol–water partition coefficient (Wildman–Crippen LogP) is 0.991. The molecule has 136 valence electrons. The molecule has 0 bridgehead atoms. The zero-order valence-corrected chi connectivity index (χ0v) is 15.9. The highest BCUT2D eigenvalue weighted by atomic mass is 32.2. The van der Waals surface area contributed by atoms with Gasteiger partial charge in [-0.15, -0.1) is 0 Å². The molecular weight excluding hydrogens is 328 g/mol. The summed E-state index contributed by atoms with van der Waals surface area (Å²) in [6.07, 6.45) is 2.15. The van der Waals surface area contributed by atoms with Crippen molar-refractivity contribution in [2.75, 3.05) is 19.3 Å². The third kappa shape index (κ3) is 4.36. The highest BCUT2D eigenvalue weighted by Crippen LogP contribution is 2.26. The topological polar surface area (TPSA) is 95.2 Å². The molecule has 8 heteroatoms. The summed E-state index contributed by atoms with van der Waals surface area (Å²) in [6.45, 7) is 8.89. The van der Waals surface area contributed by atoms with Gasteiger partial charge >= 0.3 is 0 Å². The van der Waals surface area contributed by atoms with E-state index in [1.54, 1.807) is 0 Å². The second kappa shape index (κ2) is 7.23. The van der Waals surface area contributed by atoms with Gasteiger partial charge in [-0.2, -0.15) is 9.40 Å². The SMILES string of the molecule is Cc1[nH]nc(CCC(=O)N[C@@H]2CN(S(C)(=O)=O)C[C@H]2C(C)C)c1C. The summed E-state index contributed by atoms with van der Waals surface area (Å²) in [4.78, 5) is 12.3. The number of hydrogen-bond donors (Lipinski definition) is 2. The van der Waals surface area contributed by atoms with Crippen LogP contribution in [0.2, 0.25) is 0 Å². The van der Waals surface area contributed by atoms with Crippen molar-refractivity contribution >= 4 is 15.9 Å². The molecule has 0 radical (unpaired) electrons. The highest BCUT2D eigenvalue weighted by Gasteiger charge is 2.39. The van der Waals surface area contributed by atoms with Crippen LogP contribution in [0.4, 0.5) is 0 Å². The van der Waals surface area contributed by atoms with E-state index in [0.717, 1.165) is 17.0 Å². The molecule has 2 atom stereocenters. The third-order valence-corrected chi connectivity index (χ3v) is 6.18. The zero-order valence-electron chi connectivity index (χ0n) is 15.1. The van der Waals surface area contributed by atoms with Crippen LogP contribution in [0.15, 0.2) is 0 Å². The monoisotopic (exact) mass is 356 g/mol. The van der Waals surface area contributed by atoms with Gasteiger partial charge in [-0.1, -0.05) is 13.8 Å². The molecule has 0 aliphatic carbocycles. The Balaban J connectivity index is 1.95.